The van der Waals surface area contributed by atoms with Crippen LogP contribution in [0.4, 0.5) is 0 Å². The Kier molecular flexibility index (Phi) is 2.41. The third-order valence-corrected chi connectivity index (χ3v) is 2.86. The van der Waals surface area contributed by atoms with Crippen molar-refractivity contribution >= 4 is 17.0 Å². The van der Waals surface area contributed by atoms with Gasteiger partial charge in [0.2, 0.25) is 5.71 Å². The fourth-order valence-electron chi connectivity index (χ4n) is 2.04. The van der Waals surface area contributed by atoms with Gasteiger partial charge in [0.25, 0.3) is 11.5 Å². The summed E-state index contributed by atoms with van der Waals surface area (Å²) in [6, 6.07) is 0. The van der Waals surface area contributed by atoms with Gasteiger partial charge in [-0.25, -0.2) is 10.0 Å². The van der Waals surface area contributed by atoms with Gasteiger partial charge in [-0.2, -0.15) is 0 Å². The van der Waals surface area contributed by atoms with Gasteiger partial charge in [0.1, 0.15) is 11.1 Å². The summed E-state index contributed by atoms with van der Waals surface area (Å²) in [6.45, 7) is 2.66. The molecule has 1 saturated heterocycles. The minimum absolute atomic E-state index is 0.166. The number of aromatic nitrogens is 2. The number of carbonyl (C=O) groups is 1. The average Bonchev–Trinajstić information content (AvgIpc) is 2.95. The Morgan fingerprint density at radius 1 is 1.56 bits per heavy atom. The molecular weight excluding hydrogens is 238 g/mol. The van der Waals surface area contributed by atoms with Crippen molar-refractivity contribution in [1.82, 2.24) is 15.0 Å². The summed E-state index contributed by atoms with van der Waals surface area (Å²) < 4.78 is 5.33. The molecule has 2 aromatic rings. The van der Waals surface area contributed by atoms with Gasteiger partial charge in [0, 0.05) is 0 Å². The maximum Gasteiger partial charge on any atom is 0.281 e. The lowest BCUT2D eigenvalue weighted by atomic mass is 10.2. The van der Waals surface area contributed by atoms with Gasteiger partial charge in [-0.1, -0.05) is 0 Å². The number of aromatic amines is 1. The zero-order valence-corrected chi connectivity index (χ0v) is 9.73. The van der Waals surface area contributed by atoms with E-state index in [1.807, 2.05) is 0 Å². The largest absolute Gasteiger partial charge is 0.442 e. The summed E-state index contributed by atoms with van der Waals surface area (Å²) in [6.07, 6.45) is 2.03. The second-order valence-electron chi connectivity index (χ2n) is 4.04. The van der Waals surface area contributed by atoms with E-state index in [0.29, 0.717) is 18.9 Å². The van der Waals surface area contributed by atoms with Crippen LogP contribution in [0.1, 0.15) is 22.5 Å². The molecule has 1 fully saturated rings. The van der Waals surface area contributed by atoms with Gasteiger partial charge in [-0.3, -0.25) is 14.4 Å². The van der Waals surface area contributed by atoms with Crippen LogP contribution < -0.4 is 5.56 Å². The first kappa shape index (κ1) is 11.0. The minimum atomic E-state index is -0.389. The molecule has 0 atom stereocenters. The van der Waals surface area contributed by atoms with Gasteiger partial charge in [0.05, 0.1) is 25.0 Å². The maximum atomic E-state index is 12.3. The summed E-state index contributed by atoms with van der Waals surface area (Å²) in [5.41, 5.74) is -0.000515. The van der Waals surface area contributed by atoms with Gasteiger partial charge in [-0.05, 0) is 13.3 Å². The number of amides is 1. The molecule has 18 heavy (non-hydrogen) atoms. The molecule has 3 rings (SSSR count). The highest BCUT2D eigenvalue weighted by atomic mass is 16.7. The molecule has 0 aromatic carbocycles. The smallest absolute Gasteiger partial charge is 0.281 e. The zero-order valence-electron chi connectivity index (χ0n) is 9.73. The van der Waals surface area contributed by atoms with Gasteiger partial charge in [0.15, 0.2) is 0 Å². The number of furan rings is 1. The van der Waals surface area contributed by atoms with E-state index >= 15 is 0 Å². The Morgan fingerprint density at radius 3 is 3.11 bits per heavy atom. The number of carbonyl (C=O) groups excluding carboxylic acids is 1. The van der Waals surface area contributed by atoms with Gasteiger partial charge in [-0.15, -0.1) is 0 Å². The van der Waals surface area contributed by atoms with Crippen LogP contribution in [0.3, 0.4) is 0 Å². The highest BCUT2D eigenvalue weighted by molar-refractivity contribution is 6.05. The Bertz CT molecular complexity index is 666. The summed E-state index contributed by atoms with van der Waals surface area (Å²) in [5, 5.41) is 1.43. The van der Waals surface area contributed by atoms with Crippen molar-refractivity contribution in [3.63, 3.8) is 0 Å². The summed E-state index contributed by atoms with van der Waals surface area (Å²) in [5.74, 6) is 0.0111. The highest BCUT2D eigenvalue weighted by Gasteiger charge is 2.28. The van der Waals surface area contributed by atoms with Crippen molar-refractivity contribution in [1.29, 1.82) is 0 Å². The van der Waals surface area contributed by atoms with Crippen molar-refractivity contribution in [2.45, 2.75) is 13.3 Å². The molecule has 1 aliphatic heterocycles. The molecule has 1 N–H and O–H groups in total. The molecule has 0 spiro atoms. The van der Waals surface area contributed by atoms with E-state index in [1.54, 1.807) is 6.92 Å². The molecule has 2 aromatic heterocycles. The third kappa shape index (κ3) is 1.52. The molecular formula is C11H11N3O4. The number of hydrogen-bond acceptors (Lipinski definition) is 5. The Balaban J connectivity index is 2.19. The van der Waals surface area contributed by atoms with E-state index in [2.05, 4.69) is 9.97 Å². The molecule has 7 nitrogen and oxygen atoms in total. The quantitative estimate of drug-likeness (QED) is 0.799. The lowest BCUT2D eigenvalue weighted by Crippen LogP contribution is -2.27. The lowest BCUT2D eigenvalue weighted by Gasteiger charge is -2.12. The first-order valence-electron chi connectivity index (χ1n) is 5.60. The molecule has 0 bridgehead atoms. The minimum Gasteiger partial charge on any atom is -0.442 e. The first-order valence-corrected chi connectivity index (χ1v) is 5.60. The van der Waals surface area contributed by atoms with E-state index < -0.39 is 0 Å². The summed E-state index contributed by atoms with van der Waals surface area (Å²) in [4.78, 5) is 35.5. The molecule has 7 heteroatoms. The molecule has 1 amide bonds. The van der Waals surface area contributed by atoms with Crippen molar-refractivity contribution in [2.75, 3.05) is 13.2 Å². The fraction of sp³-hybridized carbons (Fsp3) is 0.364. The van der Waals surface area contributed by atoms with Crippen LogP contribution in [0.25, 0.3) is 11.1 Å². The molecule has 0 unspecified atom stereocenters. The number of hydrogen-bond donors (Lipinski definition) is 1. The topological polar surface area (TPSA) is 88.4 Å². The highest BCUT2D eigenvalue weighted by Crippen LogP contribution is 2.23. The number of H-pyrrole nitrogens is 1. The van der Waals surface area contributed by atoms with E-state index in [4.69, 9.17) is 9.25 Å². The summed E-state index contributed by atoms with van der Waals surface area (Å²) >= 11 is 0. The Hall–Kier alpha value is -2.15. The predicted molar refractivity (Wildman–Crippen MR) is 61.0 cm³/mol. The number of rotatable bonds is 1. The normalized spacial score (nSPS) is 15.5. The van der Waals surface area contributed by atoms with E-state index in [-0.39, 0.29) is 28.1 Å². The van der Waals surface area contributed by atoms with E-state index in [1.165, 1.54) is 11.4 Å². The van der Waals surface area contributed by atoms with Crippen LogP contribution in [-0.4, -0.2) is 34.1 Å². The SMILES string of the molecule is Cc1oc2nc[nH]c(=O)c2c1C(=O)N1CCCO1. The van der Waals surface area contributed by atoms with Crippen molar-refractivity contribution in [3.8, 4) is 0 Å². The lowest BCUT2D eigenvalue weighted by molar-refractivity contribution is -0.0768. The van der Waals surface area contributed by atoms with Crippen LogP contribution in [0.2, 0.25) is 0 Å². The van der Waals surface area contributed by atoms with Gasteiger partial charge < -0.3 is 9.40 Å². The maximum absolute atomic E-state index is 12.3. The van der Waals surface area contributed by atoms with Crippen LogP contribution in [0.5, 0.6) is 0 Å². The monoisotopic (exact) mass is 249 g/mol. The number of fused-ring (bicyclic) bond motifs is 1. The van der Waals surface area contributed by atoms with Crippen LogP contribution in [0, 0.1) is 6.92 Å². The number of nitrogens with one attached hydrogen (secondary N) is 1. The van der Waals surface area contributed by atoms with Crippen molar-refractivity contribution < 1.29 is 14.0 Å². The van der Waals surface area contributed by atoms with E-state index in [0.717, 1.165) is 6.42 Å². The summed E-state index contributed by atoms with van der Waals surface area (Å²) in [7, 11) is 0. The third-order valence-electron chi connectivity index (χ3n) is 2.86. The Morgan fingerprint density at radius 2 is 2.39 bits per heavy atom. The van der Waals surface area contributed by atoms with Crippen LogP contribution >= 0.6 is 0 Å². The molecule has 0 saturated carbocycles. The Labute approximate surface area is 101 Å². The molecule has 94 valence electrons. The van der Waals surface area contributed by atoms with Crippen molar-refractivity contribution in [3.05, 3.63) is 28.0 Å². The number of aryl methyl sites for hydroxylation is 1. The standard InChI is InChI=1S/C11H11N3O4/c1-6-7(11(16)14-3-2-4-17-14)8-9(15)12-5-13-10(8)18-6/h5H,2-4H2,1H3,(H,12,13,15). The zero-order chi connectivity index (χ0) is 12.7. The number of hydroxylamine groups is 2. The predicted octanol–water partition coefficient (Wildman–Crippen LogP) is 0.602. The molecule has 1 aliphatic rings. The van der Waals surface area contributed by atoms with Crippen molar-refractivity contribution in [2.24, 2.45) is 0 Å². The molecule has 0 radical (unpaired) electrons. The van der Waals surface area contributed by atoms with Crippen LogP contribution in [0.15, 0.2) is 15.5 Å². The molecule has 0 aliphatic carbocycles. The number of nitrogens with zero attached hydrogens (tertiary/aromatic N) is 2. The second-order valence-corrected chi connectivity index (χ2v) is 4.04. The van der Waals surface area contributed by atoms with Crippen LogP contribution in [-0.2, 0) is 4.84 Å². The van der Waals surface area contributed by atoms with Gasteiger partial charge >= 0.3 is 0 Å². The second kappa shape index (κ2) is 3.95. The molecule has 3 heterocycles. The fourth-order valence-corrected chi connectivity index (χ4v) is 2.04. The first-order chi connectivity index (χ1) is 8.68. The average molecular weight is 249 g/mol. The van der Waals surface area contributed by atoms with E-state index in [9.17, 15) is 9.59 Å².